The van der Waals surface area contributed by atoms with Gasteiger partial charge in [0.2, 0.25) is 5.91 Å². The molecule has 0 radical (unpaired) electrons. The number of likely N-dealkylation sites (N-methyl/N-ethyl adjacent to an activating group) is 1. The summed E-state index contributed by atoms with van der Waals surface area (Å²) in [5.41, 5.74) is 0.0245. The fourth-order valence-corrected chi connectivity index (χ4v) is 2.60. The topological polar surface area (TPSA) is 108 Å². The third-order valence-electron chi connectivity index (χ3n) is 2.21. The Labute approximate surface area is 131 Å². The van der Waals surface area contributed by atoms with E-state index < -0.39 is 12.0 Å². The van der Waals surface area contributed by atoms with Crippen molar-refractivity contribution in [1.29, 1.82) is 0 Å². The van der Waals surface area contributed by atoms with Gasteiger partial charge >= 0.3 is 12.0 Å². The average Bonchev–Trinajstić information content (AvgIpc) is 2.38. The van der Waals surface area contributed by atoms with Gasteiger partial charge in [-0.1, -0.05) is 15.9 Å². The second kappa shape index (κ2) is 7.25. The smallest absolute Gasteiger partial charge is 0.337 e. The van der Waals surface area contributed by atoms with Crippen LogP contribution in [0.2, 0.25) is 0 Å². The van der Waals surface area contributed by atoms with E-state index in [1.54, 1.807) is 6.07 Å². The molecule has 7 nitrogen and oxygen atoms in total. The van der Waals surface area contributed by atoms with Gasteiger partial charge in [0.25, 0.3) is 0 Å². The van der Waals surface area contributed by atoms with Crippen molar-refractivity contribution >= 4 is 55.5 Å². The Morgan fingerprint density at radius 1 is 1.25 bits per heavy atom. The number of urea groups is 1. The van der Waals surface area contributed by atoms with Crippen LogP contribution in [-0.2, 0) is 4.79 Å². The molecule has 3 amide bonds. The quantitative estimate of drug-likeness (QED) is 0.608. The molecular weight excluding hydrogens is 398 g/mol. The Hall–Kier alpha value is -1.61. The molecule has 0 saturated heterocycles. The number of carbonyl (C=O) groups excluding carboxylic acids is 2. The van der Waals surface area contributed by atoms with E-state index in [1.165, 1.54) is 13.1 Å². The van der Waals surface area contributed by atoms with Gasteiger partial charge in [-0.3, -0.25) is 4.79 Å². The predicted molar refractivity (Wildman–Crippen MR) is 79.9 cm³/mol. The van der Waals surface area contributed by atoms with Crippen LogP contribution in [0.3, 0.4) is 0 Å². The van der Waals surface area contributed by atoms with Crippen LogP contribution in [-0.4, -0.2) is 36.6 Å². The van der Waals surface area contributed by atoms with E-state index in [0.717, 1.165) is 0 Å². The molecular formula is C11H11Br2N3O4. The molecule has 0 spiro atoms. The van der Waals surface area contributed by atoms with E-state index in [9.17, 15) is 14.4 Å². The minimum atomic E-state index is -1.19. The van der Waals surface area contributed by atoms with E-state index in [2.05, 4.69) is 47.8 Å². The molecule has 0 saturated carbocycles. The van der Waals surface area contributed by atoms with Gasteiger partial charge in [0, 0.05) is 16.0 Å². The molecule has 0 aliphatic rings. The minimum absolute atomic E-state index is 0.0821. The van der Waals surface area contributed by atoms with Crippen molar-refractivity contribution in [3.05, 3.63) is 26.6 Å². The fourth-order valence-electron chi connectivity index (χ4n) is 1.28. The van der Waals surface area contributed by atoms with E-state index in [1.807, 2.05) is 0 Å². The summed E-state index contributed by atoms with van der Waals surface area (Å²) < 4.78 is 0.956. The molecule has 0 aliphatic heterocycles. The number of carboxylic acid groups (broad SMARTS) is 1. The highest BCUT2D eigenvalue weighted by atomic mass is 79.9. The lowest BCUT2D eigenvalue weighted by molar-refractivity contribution is -0.119. The standard InChI is InChI=1S/C11H11Br2N3O4/c1-14-8(17)4-15-11(20)16-9-6(10(18)19)2-5(12)3-7(9)13/h2-3H,4H2,1H3,(H,14,17)(H,18,19)(H2,15,16,20). The number of hydrogen-bond acceptors (Lipinski definition) is 3. The number of rotatable bonds is 4. The summed E-state index contributed by atoms with van der Waals surface area (Å²) in [7, 11) is 1.44. The summed E-state index contributed by atoms with van der Waals surface area (Å²) in [5, 5.41) is 16.1. The maximum Gasteiger partial charge on any atom is 0.337 e. The van der Waals surface area contributed by atoms with Crippen molar-refractivity contribution in [2.24, 2.45) is 0 Å². The maximum absolute atomic E-state index is 11.6. The molecule has 20 heavy (non-hydrogen) atoms. The Morgan fingerprint density at radius 2 is 1.90 bits per heavy atom. The molecule has 0 unspecified atom stereocenters. The summed E-state index contributed by atoms with van der Waals surface area (Å²) in [5.74, 6) is -1.55. The third-order valence-corrected chi connectivity index (χ3v) is 3.30. The first-order valence-electron chi connectivity index (χ1n) is 5.33. The number of benzene rings is 1. The number of carboxylic acids is 1. The molecule has 1 aromatic carbocycles. The Morgan fingerprint density at radius 3 is 2.45 bits per heavy atom. The lowest BCUT2D eigenvalue weighted by atomic mass is 10.2. The van der Waals surface area contributed by atoms with Gasteiger partial charge in [-0.25, -0.2) is 9.59 Å². The van der Waals surface area contributed by atoms with Crippen LogP contribution in [0.15, 0.2) is 21.1 Å². The highest BCUT2D eigenvalue weighted by molar-refractivity contribution is 9.11. The molecule has 0 aliphatic carbocycles. The van der Waals surface area contributed by atoms with Crippen LogP contribution < -0.4 is 16.0 Å². The SMILES string of the molecule is CNC(=O)CNC(=O)Nc1c(Br)cc(Br)cc1C(=O)O. The highest BCUT2D eigenvalue weighted by Gasteiger charge is 2.17. The molecule has 1 rings (SSSR count). The van der Waals surface area contributed by atoms with Gasteiger partial charge in [-0.15, -0.1) is 0 Å². The predicted octanol–water partition coefficient (Wildman–Crippen LogP) is 1.78. The van der Waals surface area contributed by atoms with Crippen LogP contribution in [0.25, 0.3) is 0 Å². The van der Waals surface area contributed by atoms with Gasteiger partial charge < -0.3 is 21.1 Å². The second-order valence-corrected chi connectivity index (χ2v) is 5.37. The van der Waals surface area contributed by atoms with Gasteiger partial charge in [-0.2, -0.15) is 0 Å². The zero-order valence-corrected chi connectivity index (χ0v) is 13.5. The molecule has 9 heteroatoms. The lowest BCUT2D eigenvalue weighted by Gasteiger charge is -2.12. The first kappa shape index (κ1) is 16.4. The van der Waals surface area contributed by atoms with Crippen LogP contribution in [0, 0.1) is 0 Å². The van der Waals surface area contributed by atoms with E-state index in [0.29, 0.717) is 8.95 Å². The van der Waals surface area contributed by atoms with Crippen molar-refractivity contribution in [2.45, 2.75) is 0 Å². The largest absolute Gasteiger partial charge is 0.478 e. The number of aromatic carboxylic acids is 1. The summed E-state index contributed by atoms with van der Waals surface area (Å²) in [6.07, 6.45) is 0. The van der Waals surface area contributed by atoms with E-state index in [4.69, 9.17) is 5.11 Å². The summed E-state index contributed by atoms with van der Waals surface area (Å²) in [6.45, 7) is -0.209. The number of hydrogen-bond donors (Lipinski definition) is 4. The number of nitrogens with one attached hydrogen (secondary N) is 3. The summed E-state index contributed by atoms with van der Waals surface area (Å²) in [4.78, 5) is 33.8. The molecule has 0 fully saturated rings. The fraction of sp³-hybridized carbons (Fsp3) is 0.182. The Bertz CT molecular complexity index is 563. The average molecular weight is 409 g/mol. The minimum Gasteiger partial charge on any atom is -0.478 e. The van der Waals surface area contributed by atoms with Crippen molar-refractivity contribution in [1.82, 2.24) is 10.6 Å². The molecule has 0 bridgehead atoms. The zero-order valence-electron chi connectivity index (χ0n) is 10.3. The maximum atomic E-state index is 11.6. The number of carbonyl (C=O) groups is 3. The van der Waals surface area contributed by atoms with Gasteiger partial charge in [0.1, 0.15) is 0 Å². The number of anilines is 1. The summed E-state index contributed by atoms with van der Waals surface area (Å²) in [6, 6.07) is 2.28. The van der Waals surface area contributed by atoms with E-state index in [-0.39, 0.29) is 23.7 Å². The van der Waals surface area contributed by atoms with Gasteiger partial charge in [-0.05, 0) is 28.1 Å². The van der Waals surface area contributed by atoms with Crippen LogP contribution in [0.4, 0.5) is 10.5 Å². The summed E-state index contributed by atoms with van der Waals surface area (Å²) >= 11 is 6.34. The molecule has 0 aromatic heterocycles. The molecule has 0 atom stereocenters. The molecule has 0 heterocycles. The molecule has 4 N–H and O–H groups in total. The van der Waals surface area contributed by atoms with Crippen molar-refractivity contribution in [3.63, 3.8) is 0 Å². The van der Waals surface area contributed by atoms with Crippen LogP contribution in [0.5, 0.6) is 0 Å². The highest BCUT2D eigenvalue weighted by Crippen LogP contribution is 2.30. The Kier molecular flexibility index (Phi) is 5.96. The normalized spacial score (nSPS) is 9.75. The van der Waals surface area contributed by atoms with Gasteiger partial charge in [0.15, 0.2) is 0 Å². The first-order chi connectivity index (χ1) is 9.35. The van der Waals surface area contributed by atoms with Crippen LogP contribution >= 0.6 is 31.9 Å². The number of halogens is 2. The first-order valence-corrected chi connectivity index (χ1v) is 6.91. The molecule has 1 aromatic rings. The lowest BCUT2D eigenvalue weighted by Crippen LogP contribution is -2.37. The number of amides is 3. The zero-order chi connectivity index (χ0) is 15.3. The second-order valence-electron chi connectivity index (χ2n) is 3.60. The Balaban J connectivity index is 2.89. The van der Waals surface area contributed by atoms with Gasteiger partial charge in [0.05, 0.1) is 17.8 Å². The molecule has 108 valence electrons. The van der Waals surface area contributed by atoms with E-state index >= 15 is 0 Å². The van der Waals surface area contributed by atoms with Crippen molar-refractivity contribution in [2.75, 3.05) is 18.9 Å². The van der Waals surface area contributed by atoms with Crippen molar-refractivity contribution in [3.8, 4) is 0 Å². The van der Waals surface area contributed by atoms with Crippen LogP contribution in [0.1, 0.15) is 10.4 Å². The third kappa shape index (κ3) is 4.49. The monoisotopic (exact) mass is 407 g/mol. The van der Waals surface area contributed by atoms with Crippen molar-refractivity contribution < 1.29 is 19.5 Å².